The van der Waals surface area contributed by atoms with E-state index in [2.05, 4.69) is 43.8 Å². The molecular weight excluding hydrogens is 270 g/mol. The Bertz CT molecular complexity index is 513. The first-order valence-corrected chi connectivity index (χ1v) is 8.16. The van der Waals surface area contributed by atoms with Gasteiger partial charge < -0.3 is 10.2 Å². The quantitative estimate of drug-likeness (QED) is 0.888. The Morgan fingerprint density at radius 2 is 2.30 bits per heavy atom. The summed E-state index contributed by atoms with van der Waals surface area (Å²) in [4.78, 5) is 8.05. The third kappa shape index (κ3) is 3.02. The fourth-order valence-electron chi connectivity index (χ4n) is 2.60. The van der Waals surface area contributed by atoms with Gasteiger partial charge >= 0.3 is 0 Å². The number of nitrogens with one attached hydrogen (secondary N) is 2. The maximum atomic E-state index is 4.62. The van der Waals surface area contributed by atoms with Crippen LogP contribution in [0.4, 0.5) is 5.95 Å². The Morgan fingerprint density at radius 1 is 1.45 bits per heavy atom. The number of H-pyrrole nitrogens is 1. The molecule has 0 atom stereocenters. The van der Waals surface area contributed by atoms with Gasteiger partial charge in [-0.1, -0.05) is 13.0 Å². The van der Waals surface area contributed by atoms with E-state index in [0.717, 1.165) is 48.7 Å². The topological polar surface area (TPSA) is 56.8 Å². The van der Waals surface area contributed by atoms with Crippen molar-refractivity contribution in [2.24, 2.45) is 5.92 Å². The minimum absolute atomic E-state index is 0.793. The molecule has 2 aromatic rings. The maximum Gasteiger partial charge on any atom is 0.245 e. The zero-order valence-corrected chi connectivity index (χ0v) is 12.6. The summed E-state index contributed by atoms with van der Waals surface area (Å²) < 4.78 is 0. The second-order valence-corrected chi connectivity index (χ2v) is 6.15. The smallest absolute Gasteiger partial charge is 0.245 e. The Labute approximate surface area is 123 Å². The van der Waals surface area contributed by atoms with Gasteiger partial charge in [0.25, 0.3) is 0 Å². The van der Waals surface area contributed by atoms with Crippen LogP contribution in [0, 0.1) is 5.92 Å². The summed E-state index contributed by atoms with van der Waals surface area (Å²) in [6, 6.07) is 4.10. The van der Waals surface area contributed by atoms with Gasteiger partial charge in [0.1, 0.15) is 0 Å². The van der Waals surface area contributed by atoms with E-state index in [1.54, 1.807) is 11.3 Å². The van der Waals surface area contributed by atoms with Crippen molar-refractivity contribution in [3.05, 3.63) is 17.5 Å². The number of nitrogens with zero attached hydrogens (tertiary/aromatic N) is 3. The Balaban J connectivity index is 1.58. The summed E-state index contributed by atoms with van der Waals surface area (Å²) in [5.74, 6) is 2.52. The number of rotatable bonds is 5. The fraction of sp³-hybridized carbons (Fsp3) is 0.571. The van der Waals surface area contributed by atoms with Crippen LogP contribution in [0.25, 0.3) is 10.7 Å². The minimum Gasteiger partial charge on any atom is -0.340 e. The van der Waals surface area contributed by atoms with Crippen LogP contribution >= 0.6 is 11.3 Å². The van der Waals surface area contributed by atoms with Crippen LogP contribution in [0.2, 0.25) is 0 Å². The van der Waals surface area contributed by atoms with Crippen molar-refractivity contribution in [1.82, 2.24) is 20.5 Å². The lowest BCUT2D eigenvalue weighted by molar-refractivity contribution is 0.384. The molecule has 6 heteroatoms. The van der Waals surface area contributed by atoms with Gasteiger partial charge in [0.15, 0.2) is 5.82 Å². The standard InChI is InChI=1S/C14H21N5S/c1-2-15-10-11-5-7-19(8-6-11)14-16-13(17-18-14)12-4-3-9-20-12/h3-4,9,11,15H,2,5-8,10H2,1H3,(H,16,17,18). The molecule has 20 heavy (non-hydrogen) atoms. The highest BCUT2D eigenvalue weighted by Crippen LogP contribution is 2.24. The zero-order chi connectivity index (χ0) is 13.8. The molecule has 0 aromatic carbocycles. The first-order valence-electron chi connectivity index (χ1n) is 7.28. The first-order chi connectivity index (χ1) is 9.86. The molecule has 5 nitrogen and oxygen atoms in total. The van der Waals surface area contributed by atoms with Crippen molar-refractivity contribution < 1.29 is 0 Å². The van der Waals surface area contributed by atoms with Crippen LogP contribution in [0.15, 0.2) is 17.5 Å². The molecule has 3 heterocycles. The lowest BCUT2D eigenvalue weighted by atomic mass is 9.97. The summed E-state index contributed by atoms with van der Waals surface area (Å²) in [6.07, 6.45) is 2.44. The van der Waals surface area contributed by atoms with Gasteiger partial charge in [-0.15, -0.1) is 16.4 Å². The molecule has 0 bridgehead atoms. The molecule has 1 saturated heterocycles. The summed E-state index contributed by atoms with van der Waals surface area (Å²) >= 11 is 1.68. The van der Waals surface area contributed by atoms with Crippen molar-refractivity contribution in [2.75, 3.05) is 31.1 Å². The SMILES string of the molecule is CCNCC1CCN(c2n[nH]c(-c3cccs3)n2)CC1. The van der Waals surface area contributed by atoms with Gasteiger partial charge in [-0.25, -0.2) is 0 Å². The van der Waals surface area contributed by atoms with Crippen molar-refractivity contribution in [3.63, 3.8) is 0 Å². The molecular formula is C14H21N5S. The highest BCUT2D eigenvalue weighted by atomic mass is 32.1. The van der Waals surface area contributed by atoms with E-state index in [4.69, 9.17) is 0 Å². The summed E-state index contributed by atoms with van der Waals surface area (Å²) in [6.45, 7) is 6.47. The Hall–Kier alpha value is -1.40. The van der Waals surface area contributed by atoms with E-state index >= 15 is 0 Å². The zero-order valence-electron chi connectivity index (χ0n) is 11.8. The average Bonchev–Trinajstić information content (AvgIpc) is 3.16. The number of aromatic nitrogens is 3. The molecule has 1 aliphatic heterocycles. The molecule has 108 valence electrons. The predicted molar refractivity (Wildman–Crippen MR) is 83.2 cm³/mol. The largest absolute Gasteiger partial charge is 0.340 e. The van der Waals surface area contributed by atoms with Crippen LogP contribution < -0.4 is 10.2 Å². The summed E-state index contributed by atoms with van der Waals surface area (Å²) in [7, 11) is 0. The van der Waals surface area contributed by atoms with Crippen LogP contribution in [-0.4, -0.2) is 41.4 Å². The second-order valence-electron chi connectivity index (χ2n) is 5.20. The molecule has 0 spiro atoms. The number of hydrogen-bond donors (Lipinski definition) is 2. The van der Waals surface area contributed by atoms with E-state index in [-0.39, 0.29) is 0 Å². The summed E-state index contributed by atoms with van der Waals surface area (Å²) in [5, 5.41) is 12.9. The number of anilines is 1. The van der Waals surface area contributed by atoms with Crippen LogP contribution in [-0.2, 0) is 0 Å². The molecule has 1 fully saturated rings. The molecule has 2 N–H and O–H groups in total. The molecule has 1 aliphatic rings. The first kappa shape index (κ1) is 13.6. The average molecular weight is 291 g/mol. The number of thiophene rings is 1. The van der Waals surface area contributed by atoms with Gasteiger partial charge in [0.2, 0.25) is 5.95 Å². The molecule has 0 unspecified atom stereocenters. The van der Waals surface area contributed by atoms with Crippen LogP contribution in [0.1, 0.15) is 19.8 Å². The maximum absolute atomic E-state index is 4.62. The molecule has 0 aliphatic carbocycles. The highest BCUT2D eigenvalue weighted by molar-refractivity contribution is 7.13. The van der Waals surface area contributed by atoms with Crippen molar-refractivity contribution in [3.8, 4) is 10.7 Å². The van der Waals surface area contributed by atoms with Gasteiger partial charge in [0.05, 0.1) is 4.88 Å². The van der Waals surface area contributed by atoms with Gasteiger partial charge in [-0.3, -0.25) is 5.10 Å². The predicted octanol–water partition coefficient (Wildman–Crippen LogP) is 2.36. The van der Waals surface area contributed by atoms with E-state index in [1.807, 2.05) is 6.07 Å². The molecule has 0 saturated carbocycles. The molecule has 2 aromatic heterocycles. The monoisotopic (exact) mass is 291 g/mol. The number of hydrogen-bond acceptors (Lipinski definition) is 5. The van der Waals surface area contributed by atoms with Crippen molar-refractivity contribution in [1.29, 1.82) is 0 Å². The van der Waals surface area contributed by atoms with E-state index < -0.39 is 0 Å². The lowest BCUT2D eigenvalue weighted by Gasteiger charge is -2.31. The molecule has 3 rings (SSSR count). The lowest BCUT2D eigenvalue weighted by Crippen LogP contribution is -2.37. The fourth-order valence-corrected chi connectivity index (χ4v) is 3.27. The number of piperidine rings is 1. The third-order valence-corrected chi connectivity index (χ3v) is 4.69. The Kier molecular flexibility index (Phi) is 4.32. The molecule has 0 amide bonds. The van der Waals surface area contributed by atoms with E-state index in [0.29, 0.717) is 0 Å². The van der Waals surface area contributed by atoms with E-state index in [9.17, 15) is 0 Å². The van der Waals surface area contributed by atoms with Gasteiger partial charge in [-0.05, 0) is 43.3 Å². The minimum atomic E-state index is 0.793. The third-order valence-electron chi connectivity index (χ3n) is 3.81. The van der Waals surface area contributed by atoms with Crippen LogP contribution in [0.3, 0.4) is 0 Å². The normalized spacial score (nSPS) is 16.8. The van der Waals surface area contributed by atoms with E-state index in [1.165, 1.54) is 12.8 Å². The van der Waals surface area contributed by atoms with Crippen molar-refractivity contribution >= 4 is 17.3 Å². The van der Waals surface area contributed by atoms with Crippen molar-refractivity contribution in [2.45, 2.75) is 19.8 Å². The van der Waals surface area contributed by atoms with Crippen LogP contribution in [0.5, 0.6) is 0 Å². The Morgan fingerprint density at radius 3 is 3.00 bits per heavy atom. The van der Waals surface area contributed by atoms with Gasteiger partial charge in [0, 0.05) is 13.1 Å². The number of aromatic amines is 1. The van der Waals surface area contributed by atoms with Gasteiger partial charge in [-0.2, -0.15) is 4.98 Å². The summed E-state index contributed by atoms with van der Waals surface area (Å²) in [5.41, 5.74) is 0. The second kappa shape index (κ2) is 6.37. The molecule has 0 radical (unpaired) electrons. The highest BCUT2D eigenvalue weighted by Gasteiger charge is 2.21.